The van der Waals surface area contributed by atoms with Crippen molar-refractivity contribution in [2.75, 3.05) is 0 Å². The van der Waals surface area contributed by atoms with E-state index in [1.807, 2.05) is 109 Å². The molecule has 11 rings (SSSR count). The Morgan fingerprint density at radius 3 is 1.93 bits per heavy atom. The van der Waals surface area contributed by atoms with Crippen LogP contribution in [0.1, 0.15) is 13.7 Å². The molecule has 0 saturated heterocycles. The molecule has 0 saturated carbocycles. The van der Waals surface area contributed by atoms with Crippen LogP contribution < -0.4 is 0 Å². The molecular formula is C49H30N4O. The summed E-state index contributed by atoms with van der Waals surface area (Å²) in [5.74, 6) is 1.49. The van der Waals surface area contributed by atoms with E-state index in [1.165, 1.54) is 4.57 Å². The number of rotatable bonds is 5. The molecule has 0 atom stereocenters. The van der Waals surface area contributed by atoms with E-state index < -0.39 is 60.4 Å². The molecule has 11 aromatic rings. The second-order valence-electron chi connectivity index (χ2n) is 12.9. The molecule has 5 heteroatoms. The molecule has 54 heavy (non-hydrogen) atoms. The molecule has 0 aliphatic rings. The van der Waals surface area contributed by atoms with Crippen LogP contribution >= 0.6 is 0 Å². The Labute approximate surface area is 324 Å². The number of nitrogens with zero attached hydrogens (tertiary/aromatic N) is 4. The second-order valence-corrected chi connectivity index (χ2v) is 12.9. The predicted molar refractivity (Wildman–Crippen MR) is 221 cm³/mol. The van der Waals surface area contributed by atoms with Crippen LogP contribution in [0.4, 0.5) is 0 Å². The van der Waals surface area contributed by atoms with Gasteiger partial charge in [0.15, 0.2) is 17.5 Å². The van der Waals surface area contributed by atoms with Crippen LogP contribution in [0.2, 0.25) is 0 Å². The largest absolute Gasteiger partial charge is 0.456 e. The quantitative estimate of drug-likeness (QED) is 0.179. The Bertz CT molecular complexity index is 3740. The number of hydrogen-bond donors (Lipinski definition) is 0. The summed E-state index contributed by atoms with van der Waals surface area (Å²) in [4.78, 5) is 14.9. The van der Waals surface area contributed by atoms with Gasteiger partial charge in [-0.15, -0.1) is 0 Å². The molecule has 0 aliphatic heterocycles. The van der Waals surface area contributed by atoms with Crippen molar-refractivity contribution in [3.8, 4) is 51.0 Å². The number of fused-ring (bicyclic) bond motifs is 8. The van der Waals surface area contributed by atoms with Gasteiger partial charge in [0.1, 0.15) is 11.2 Å². The van der Waals surface area contributed by atoms with Gasteiger partial charge in [0.25, 0.3) is 0 Å². The van der Waals surface area contributed by atoms with Crippen molar-refractivity contribution in [1.29, 1.82) is 0 Å². The maximum atomic E-state index is 9.18. The van der Waals surface area contributed by atoms with Gasteiger partial charge >= 0.3 is 0 Å². The van der Waals surface area contributed by atoms with Gasteiger partial charge in [-0.3, -0.25) is 0 Å². The second kappa shape index (κ2) is 12.1. The standard InChI is InChI=1S/C49H30N4O/c1-3-14-32(15-4-1)47-50-48(33-16-5-2-6-17-33)52-49(51-47)40-22-12-24-44-45(40)41-30-35(26-28-43(41)54-44)34-18-11-19-36(29-34)53-42-23-10-9-21-38(42)39-27-25-31-13-7-8-20-37(31)46(39)53/h1-30H/i7D,8D,9D,10D,13D,20D,21D,23D,25D,27D. The first-order valence-electron chi connectivity index (χ1n) is 22.3. The zero-order valence-electron chi connectivity index (χ0n) is 38.2. The summed E-state index contributed by atoms with van der Waals surface area (Å²) in [6.07, 6.45) is 0. The van der Waals surface area contributed by atoms with E-state index in [4.69, 9.17) is 31.7 Å². The van der Waals surface area contributed by atoms with E-state index in [0.717, 1.165) is 33.0 Å². The van der Waals surface area contributed by atoms with Gasteiger partial charge in [0.2, 0.25) is 0 Å². The van der Waals surface area contributed by atoms with E-state index >= 15 is 0 Å². The van der Waals surface area contributed by atoms with E-state index in [2.05, 4.69) is 0 Å². The van der Waals surface area contributed by atoms with Crippen LogP contribution in [0.25, 0.3) is 105 Å². The summed E-state index contributed by atoms with van der Waals surface area (Å²) >= 11 is 0. The molecule has 0 bridgehead atoms. The van der Waals surface area contributed by atoms with Crippen LogP contribution in [0.15, 0.2) is 186 Å². The van der Waals surface area contributed by atoms with Crippen molar-refractivity contribution in [1.82, 2.24) is 19.5 Å². The molecule has 3 heterocycles. The van der Waals surface area contributed by atoms with Crippen LogP contribution in [-0.4, -0.2) is 19.5 Å². The first-order valence-corrected chi connectivity index (χ1v) is 17.3. The van der Waals surface area contributed by atoms with Crippen molar-refractivity contribution in [2.45, 2.75) is 0 Å². The fourth-order valence-corrected chi connectivity index (χ4v) is 7.27. The lowest BCUT2D eigenvalue weighted by Crippen LogP contribution is -2.00. The highest BCUT2D eigenvalue weighted by Crippen LogP contribution is 2.40. The van der Waals surface area contributed by atoms with Crippen molar-refractivity contribution in [3.63, 3.8) is 0 Å². The minimum Gasteiger partial charge on any atom is -0.456 e. The summed E-state index contributed by atoms with van der Waals surface area (Å²) in [7, 11) is 0. The minimum absolute atomic E-state index is 0.00831. The highest BCUT2D eigenvalue weighted by atomic mass is 16.3. The van der Waals surface area contributed by atoms with Gasteiger partial charge in [-0.1, -0.05) is 145 Å². The maximum Gasteiger partial charge on any atom is 0.164 e. The number of para-hydroxylation sites is 1. The molecule has 0 radical (unpaired) electrons. The van der Waals surface area contributed by atoms with Crippen LogP contribution in [0.5, 0.6) is 0 Å². The van der Waals surface area contributed by atoms with Gasteiger partial charge in [-0.25, -0.2) is 15.0 Å². The molecule has 0 aliphatic carbocycles. The summed E-state index contributed by atoms with van der Waals surface area (Å²) in [5, 5.41) is 1.28. The number of furan rings is 1. The Balaban J connectivity index is 1.16. The Kier molecular flexibility index (Phi) is 4.90. The fourth-order valence-electron chi connectivity index (χ4n) is 7.27. The fraction of sp³-hybridized carbons (Fsp3) is 0. The van der Waals surface area contributed by atoms with Gasteiger partial charge in [0.05, 0.1) is 24.7 Å². The topological polar surface area (TPSA) is 56.7 Å². The molecule has 0 spiro atoms. The van der Waals surface area contributed by atoms with Crippen molar-refractivity contribution in [2.24, 2.45) is 0 Å². The van der Waals surface area contributed by atoms with Crippen LogP contribution in [0, 0.1) is 0 Å². The third kappa shape index (κ3) is 4.83. The highest BCUT2D eigenvalue weighted by Gasteiger charge is 2.19. The van der Waals surface area contributed by atoms with Crippen molar-refractivity contribution in [3.05, 3.63) is 182 Å². The van der Waals surface area contributed by atoms with Crippen molar-refractivity contribution >= 4 is 54.5 Å². The van der Waals surface area contributed by atoms with E-state index in [9.17, 15) is 1.37 Å². The molecule has 5 nitrogen and oxygen atoms in total. The highest BCUT2D eigenvalue weighted by molar-refractivity contribution is 6.18. The molecule has 252 valence electrons. The lowest BCUT2D eigenvalue weighted by Gasteiger charge is -2.12. The SMILES string of the molecule is [2H]c1c([2H])c([2H])c2c(c1[2H])c([2H])c([2H])c1c3c([2H])c([2H])c([2H])c([2H])c3n(-c3cccc(-c4ccc5oc6cccc(-c7nc(-c8ccccc8)nc(-c8ccccc8)n7)c6c5c4)c3)c21. The lowest BCUT2D eigenvalue weighted by molar-refractivity contribution is 0.669. The van der Waals surface area contributed by atoms with E-state index in [-0.39, 0.29) is 32.6 Å². The zero-order chi connectivity index (χ0) is 44.3. The molecule has 0 amide bonds. The Morgan fingerprint density at radius 1 is 0.463 bits per heavy atom. The molecular weight excluding hydrogens is 661 g/mol. The molecule has 3 aromatic heterocycles. The number of aromatic nitrogens is 4. The number of hydrogen-bond acceptors (Lipinski definition) is 4. The van der Waals surface area contributed by atoms with Gasteiger partial charge in [0, 0.05) is 49.3 Å². The lowest BCUT2D eigenvalue weighted by atomic mass is 10.00. The first kappa shape index (κ1) is 21.9. The maximum absolute atomic E-state index is 9.18. The van der Waals surface area contributed by atoms with Gasteiger partial charge in [-0.2, -0.15) is 0 Å². The Hall–Kier alpha value is -7.37. The normalized spacial score (nSPS) is 14.3. The third-order valence-corrected chi connectivity index (χ3v) is 9.71. The summed E-state index contributed by atoms with van der Waals surface area (Å²) in [5.41, 5.74) is 5.60. The Morgan fingerprint density at radius 2 is 1.13 bits per heavy atom. The van der Waals surface area contributed by atoms with Crippen LogP contribution in [-0.2, 0) is 0 Å². The van der Waals surface area contributed by atoms with Gasteiger partial charge in [-0.05, 0) is 52.9 Å². The predicted octanol–water partition coefficient (Wildman–Crippen LogP) is 12.7. The average Bonchev–Trinajstić information content (AvgIpc) is 3.89. The molecule has 0 N–H and O–H groups in total. The smallest absolute Gasteiger partial charge is 0.164 e. The summed E-state index contributed by atoms with van der Waals surface area (Å²) < 4.78 is 96.2. The minimum atomic E-state index is -0.562. The summed E-state index contributed by atoms with van der Waals surface area (Å²) in [6.45, 7) is 0. The molecule has 8 aromatic carbocycles. The monoisotopic (exact) mass is 700 g/mol. The van der Waals surface area contributed by atoms with E-state index in [0.29, 0.717) is 39.9 Å². The number of benzene rings is 8. The first-order chi connectivity index (χ1) is 30.9. The molecule has 0 fully saturated rings. The van der Waals surface area contributed by atoms with E-state index in [1.54, 1.807) is 12.1 Å². The summed E-state index contributed by atoms with van der Waals surface area (Å²) in [6, 6.07) is 33.4. The third-order valence-electron chi connectivity index (χ3n) is 9.71. The zero-order valence-corrected chi connectivity index (χ0v) is 28.2. The molecule has 0 unspecified atom stereocenters. The van der Waals surface area contributed by atoms with Gasteiger partial charge < -0.3 is 8.98 Å². The van der Waals surface area contributed by atoms with Crippen molar-refractivity contribution < 1.29 is 18.1 Å². The average molecular weight is 701 g/mol. The van der Waals surface area contributed by atoms with Crippen LogP contribution in [0.3, 0.4) is 0 Å².